The number of hydrogen-bond donors (Lipinski definition) is 1. The van der Waals surface area contributed by atoms with Crippen LogP contribution in [0.2, 0.25) is 0 Å². The largest absolute Gasteiger partial charge is 0.384 e. The standard InChI is InChI=1S/C15H23N3O2/c1-4-7-17-13-5-8-16-10-12(13)15(19)18(3)14-6-9-20-11(14)2/h5,8,10-11,14H,4,6-7,9H2,1-3H3,(H,16,17). The van der Waals surface area contributed by atoms with Crippen molar-refractivity contribution < 1.29 is 9.53 Å². The highest BCUT2D eigenvalue weighted by Gasteiger charge is 2.31. The predicted octanol–water partition coefficient (Wildman–Crippen LogP) is 2.15. The van der Waals surface area contributed by atoms with Crippen LogP contribution in [0, 0.1) is 0 Å². The molecule has 5 heteroatoms. The molecular formula is C15H23N3O2. The monoisotopic (exact) mass is 277 g/mol. The summed E-state index contributed by atoms with van der Waals surface area (Å²) < 4.78 is 5.54. The number of carbonyl (C=O) groups is 1. The number of carbonyl (C=O) groups excluding carboxylic acids is 1. The molecule has 1 aromatic heterocycles. The highest BCUT2D eigenvalue weighted by atomic mass is 16.5. The average Bonchev–Trinajstić information content (AvgIpc) is 2.90. The molecule has 0 spiro atoms. The van der Waals surface area contributed by atoms with E-state index in [0.717, 1.165) is 31.7 Å². The fraction of sp³-hybridized carbons (Fsp3) is 0.600. The van der Waals surface area contributed by atoms with Crippen molar-refractivity contribution in [3.8, 4) is 0 Å². The van der Waals surface area contributed by atoms with E-state index >= 15 is 0 Å². The molecule has 0 bridgehead atoms. The van der Waals surface area contributed by atoms with Crippen LogP contribution >= 0.6 is 0 Å². The van der Waals surface area contributed by atoms with Gasteiger partial charge in [-0.25, -0.2) is 0 Å². The lowest BCUT2D eigenvalue weighted by Crippen LogP contribution is -2.41. The van der Waals surface area contributed by atoms with E-state index in [2.05, 4.69) is 17.2 Å². The lowest BCUT2D eigenvalue weighted by atomic mass is 10.1. The summed E-state index contributed by atoms with van der Waals surface area (Å²) in [5.41, 5.74) is 1.48. The molecule has 20 heavy (non-hydrogen) atoms. The summed E-state index contributed by atoms with van der Waals surface area (Å²) in [4.78, 5) is 18.5. The topological polar surface area (TPSA) is 54.5 Å². The average molecular weight is 277 g/mol. The van der Waals surface area contributed by atoms with Crippen LogP contribution in [0.1, 0.15) is 37.0 Å². The molecule has 0 radical (unpaired) electrons. The second kappa shape index (κ2) is 6.70. The fourth-order valence-electron chi connectivity index (χ4n) is 2.55. The van der Waals surface area contributed by atoms with Crippen molar-refractivity contribution >= 4 is 11.6 Å². The third kappa shape index (κ3) is 3.10. The number of pyridine rings is 1. The highest BCUT2D eigenvalue weighted by molar-refractivity contribution is 5.99. The zero-order valence-corrected chi connectivity index (χ0v) is 12.4. The van der Waals surface area contributed by atoms with Crippen LogP contribution in [-0.4, -0.2) is 48.1 Å². The molecule has 110 valence electrons. The van der Waals surface area contributed by atoms with Gasteiger partial charge in [-0.05, 0) is 25.8 Å². The Labute approximate surface area is 120 Å². The van der Waals surface area contributed by atoms with Crippen molar-refractivity contribution in [1.29, 1.82) is 0 Å². The molecule has 1 saturated heterocycles. The lowest BCUT2D eigenvalue weighted by Gasteiger charge is -2.27. The summed E-state index contributed by atoms with van der Waals surface area (Å²) in [6.45, 7) is 5.68. The van der Waals surface area contributed by atoms with E-state index in [1.165, 1.54) is 0 Å². The Morgan fingerprint density at radius 2 is 2.40 bits per heavy atom. The summed E-state index contributed by atoms with van der Waals surface area (Å²) in [5, 5.41) is 3.28. The molecule has 2 heterocycles. The van der Waals surface area contributed by atoms with E-state index in [0.29, 0.717) is 5.56 Å². The van der Waals surface area contributed by atoms with E-state index in [1.807, 2.05) is 20.0 Å². The molecule has 1 aliphatic heterocycles. The predicted molar refractivity (Wildman–Crippen MR) is 78.9 cm³/mol. The minimum absolute atomic E-state index is 0.000877. The molecule has 1 amide bonds. The number of amides is 1. The molecular weight excluding hydrogens is 254 g/mol. The van der Waals surface area contributed by atoms with Crippen LogP contribution in [0.25, 0.3) is 0 Å². The molecule has 5 nitrogen and oxygen atoms in total. The number of rotatable bonds is 5. The van der Waals surface area contributed by atoms with E-state index < -0.39 is 0 Å². The van der Waals surface area contributed by atoms with E-state index in [1.54, 1.807) is 17.3 Å². The molecule has 1 aliphatic rings. The Balaban J connectivity index is 2.15. The van der Waals surface area contributed by atoms with Gasteiger partial charge in [0.25, 0.3) is 5.91 Å². The van der Waals surface area contributed by atoms with Gasteiger partial charge in [0.1, 0.15) is 0 Å². The first-order valence-electron chi connectivity index (χ1n) is 7.21. The van der Waals surface area contributed by atoms with Crippen molar-refractivity contribution in [3.05, 3.63) is 24.0 Å². The molecule has 2 unspecified atom stereocenters. The maximum atomic E-state index is 12.7. The van der Waals surface area contributed by atoms with Gasteiger partial charge in [0, 0.05) is 32.6 Å². The Bertz CT molecular complexity index is 464. The van der Waals surface area contributed by atoms with Crippen molar-refractivity contribution in [2.24, 2.45) is 0 Å². The summed E-state index contributed by atoms with van der Waals surface area (Å²) in [6.07, 6.45) is 5.33. The van der Waals surface area contributed by atoms with E-state index in [-0.39, 0.29) is 18.1 Å². The van der Waals surface area contributed by atoms with Gasteiger partial charge in [0.2, 0.25) is 0 Å². The lowest BCUT2D eigenvalue weighted by molar-refractivity contribution is 0.0575. The molecule has 1 aromatic rings. The van der Waals surface area contributed by atoms with Crippen molar-refractivity contribution in [1.82, 2.24) is 9.88 Å². The van der Waals surface area contributed by atoms with Gasteiger partial charge in [0.15, 0.2) is 0 Å². The Hall–Kier alpha value is -1.62. The molecule has 2 atom stereocenters. The zero-order chi connectivity index (χ0) is 14.5. The van der Waals surface area contributed by atoms with Gasteiger partial charge in [-0.15, -0.1) is 0 Å². The number of anilines is 1. The quantitative estimate of drug-likeness (QED) is 0.896. The maximum Gasteiger partial charge on any atom is 0.257 e. The van der Waals surface area contributed by atoms with Crippen LogP contribution in [0.5, 0.6) is 0 Å². The van der Waals surface area contributed by atoms with Gasteiger partial charge in [0.05, 0.1) is 23.4 Å². The Morgan fingerprint density at radius 1 is 1.60 bits per heavy atom. The van der Waals surface area contributed by atoms with Gasteiger partial charge in [-0.1, -0.05) is 6.92 Å². The summed E-state index contributed by atoms with van der Waals surface area (Å²) in [6, 6.07) is 1.99. The second-order valence-corrected chi connectivity index (χ2v) is 5.20. The zero-order valence-electron chi connectivity index (χ0n) is 12.4. The van der Waals surface area contributed by atoms with Crippen LogP contribution in [0.15, 0.2) is 18.5 Å². The molecule has 1 N–H and O–H groups in total. The van der Waals surface area contributed by atoms with E-state index in [4.69, 9.17) is 4.74 Å². The van der Waals surface area contributed by atoms with Crippen molar-refractivity contribution in [2.45, 2.75) is 38.8 Å². The minimum Gasteiger partial charge on any atom is -0.384 e. The number of nitrogens with one attached hydrogen (secondary N) is 1. The second-order valence-electron chi connectivity index (χ2n) is 5.20. The Kier molecular flexibility index (Phi) is 4.95. The van der Waals surface area contributed by atoms with Crippen molar-refractivity contribution in [3.63, 3.8) is 0 Å². The number of hydrogen-bond acceptors (Lipinski definition) is 4. The molecule has 1 fully saturated rings. The number of ether oxygens (including phenoxy) is 1. The summed E-state index contributed by atoms with van der Waals surface area (Å²) in [5.74, 6) is -0.000877. The SMILES string of the molecule is CCCNc1ccncc1C(=O)N(C)C1CCOC1C. The van der Waals surface area contributed by atoms with Crippen LogP contribution in [-0.2, 0) is 4.74 Å². The van der Waals surface area contributed by atoms with Crippen molar-refractivity contribution in [2.75, 3.05) is 25.5 Å². The highest BCUT2D eigenvalue weighted by Crippen LogP contribution is 2.22. The Morgan fingerprint density at radius 3 is 3.05 bits per heavy atom. The van der Waals surface area contributed by atoms with Crippen LogP contribution in [0.3, 0.4) is 0 Å². The summed E-state index contributed by atoms with van der Waals surface area (Å²) in [7, 11) is 1.84. The normalized spacial score (nSPS) is 21.8. The van der Waals surface area contributed by atoms with Gasteiger partial charge in [-0.3, -0.25) is 9.78 Å². The number of nitrogens with zero attached hydrogens (tertiary/aromatic N) is 2. The maximum absolute atomic E-state index is 12.7. The first-order chi connectivity index (χ1) is 9.65. The van der Waals surface area contributed by atoms with Gasteiger partial charge < -0.3 is 15.0 Å². The number of likely N-dealkylation sites (N-methyl/N-ethyl adjacent to an activating group) is 1. The summed E-state index contributed by atoms with van der Waals surface area (Å²) >= 11 is 0. The van der Waals surface area contributed by atoms with Gasteiger partial charge in [-0.2, -0.15) is 0 Å². The number of aromatic nitrogens is 1. The molecule has 0 aliphatic carbocycles. The first kappa shape index (κ1) is 14.8. The fourth-order valence-corrected chi connectivity index (χ4v) is 2.55. The van der Waals surface area contributed by atoms with Gasteiger partial charge >= 0.3 is 0 Å². The molecule has 2 rings (SSSR count). The van der Waals surface area contributed by atoms with E-state index in [9.17, 15) is 4.79 Å². The van der Waals surface area contributed by atoms with Crippen LogP contribution in [0.4, 0.5) is 5.69 Å². The smallest absolute Gasteiger partial charge is 0.257 e. The first-order valence-corrected chi connectivity index (χ1v) is 7.21. The molecule has 0 saturated carbocycles. The molecule has 0 aromatic carbocycles. The third-order valence-corrected chi connectivity index (χ3v) is 3.77. The van der Waals surface area contributed by atoms with Crippen LogP contribution < -0.4 is 5.32 Å². The third-order valence-electron chi connectivity index (χ3n) is 3.77. The minimum atomic E-state index is -0.000877.